The SMILES string of the molecule is O=C(NC1CCSCC1)c1ccc(CN2C(=O)c3ccccc3C2=O)cc1. The molecule has 6 heteroatoms. The summed E-state index contributed by atoms with van der Waals surface area (Å²) in [7, 11) is 0. The van der Waals surface area contributed by atoms with E-state index in [0.717, 1.165) is 29.9 Å². The number of nitrogens with one attached hydrogen (secondary N) is 1. The summed E-state index contributed by atoms with van der Waals surface area (Å²) in [6.07, 6.45) is 2.02. The van der Waals surface area contributed by atoms with Gasteiger partial charge in [0, 0.05) is 11.6 Å². The van der Waals surface area contributed by atoms with Crippen molar-refractivity contribution in [3.05, 3.63) is 70.8 Å². The molecule has 2 aliphatic heterocycles. The first kappa shape index (κ1) is 17.8. The molecular formula is C21H20N2O3S. The van der Waals surface area contributed by atoms with Crippen molar-refractivity contribution in [2.75, 3.05) is 11.5 Å². The fraction of sp³-hybridized carbons (Fsp3) is 0.286. The lowest BCUT2D eigenvalue weighted by molar-refractivity contribution is 0.0641. The van der Waals surface area contributed by atoms with Gasteiger partial charge in [0.05, 0.1) is 17.7 Å². The molecule has 3 amide bonds. The quantitative estimate of drug-likeness (QED) is 0.828. The molecule has 0 aromatic heterocycles. The second-order valence-corrected chi connectivity index (χ2v) is 8.02. The summed E-state index contributed by atoms with van der Waals surface area (Å²) in [6, 6.07) is 14.2. The highest BCUT2D eigenvalue weighted by atomic mass is 32.2. The summed E-state index contributed by atoms with van der Waals surface area (Å²) in [5.74, 6) is 1.56. The lowest BCUT2D eigenvalue weighted by atomic mass is 10.1. The zero-order valence-corrected chi connectivity index (χ0v) is 15.6. The van der Waals surface area contributed by atoms with E-state index in [0.29, 0.717) is 16.7 Å². The van der Waals surface area contributed by atoms with Crippen molar-refractivity contribution >= 4 is 29.5 Å². The van der Waals surface area contributed by atoms with E-state index in [2.05, 4.69) is 5.32 Å². The van der Waals surface area contributed by atoms with Gasteiger partial charge in [-0.1, -0.05) is 24.3 Å². The number of thioether (sulfide) groups is 1. The Morgan fingerprint density at radius 3 is 2.15 bits per heavy atom. The summed E-state index contributed by atoms with van der Waals surface area (Å²) in [5.41, 5.74) is 2.31. The number of benzene rings is 2. The molecular weight excluding hydrogens is 360 g/mol. The van der Waals surface area contributed by atoms with Crippen LogP contribution < -0.4 is 5.32 Å². The molecule has 2 heterocycles. The minimum absolute atomic E-state index is 0.0702. The molecule has 1 N–H and O–H groups in total. The first-order valence-corrected chi connectivity index (χ1v) is 10.2. The fourth-order valence-electron chi connectivity index (χ4n) is 3.44. The van der Waals surface area contributed by atoms with Crippen molar-refractivity contribution in [1.29, 1.82) is 0 Å². The minimum atomic E-state index is -0.271. The van der Waals surface area contributed by atoms with E-state index in [1.807, 2.05) is 11.8 Å². The highest BCUT2D eigenvalue weighted by molar-refractivity contribution is 7.99. The molecule has 0 spiro atoms. The van der Waals surface area contributed by atoms with Crippen molar-refractivity contribution in [2.45, 2.75) is 25.4 Å². The van der Waals surface area contributed by atoms with E-state index in [9.17, 15) is 14.4 Å². The normalized spacial score (nSPS) is 17.1. The molecule has 0 radical (unpaired) electrons. The van der Waals surface area contributed by atoms with Crippen LogP contribution in [0.3, 0.4) is 0 Å². The molecule has 1 saturated heterocycles. The second-order valence-electron chi connectivity index (χ2n) is 6.80. The van der Waals surface area contributed by atoms with E-state index in [-0.39, 0.29) is 30.3 Å². The molecule has 0 saturated carbocycles. The Morgan fingerprint density at radius 1 is 0.963 bits per heavy atom. The van der Waals surface area contributed by atoms with Crippen molar-refractivity contribution < 1.29 is 14.4 Å². The van der Waals surface area contributed by atoms with Gasteiger partial charge in [0.1, 0.15) is 0 Å². The van der Waals surface area contributed by atoms with Gasteiger partial charge in [-0.2, -0.15) is 11.8 Å². The number of amides is 3. The predicted molar refractivity (Wildman–Crippen MR) is 105 cm³/mol. The number of nitrogens with zero attached hydrogens (tertiary/aromatic N) is 1. The van der Waals surface area contributed by atoms with Gasteiger partial charge in [-0.25, -0.2) is 0 Å². The molecule has 4 rings (SSSR count). The van der Waals surface area contributed by atoms with Crippen molar-refractivity contribution in [1.82, 2.24) is 10.2 Å². The van der Waals surface area contributed by atoms with Gasteiger partial charge in [-0.05, 0) is 54.2 Å². The standard InChI is InChI=1S/C21H20N2O3S/c24-19(22-16-9-11-27-12-10-16)15-7-5-14(6-8-15)13-23-20(25)17-3-1-2-4-18(17)21(23)26/h1-8,16H,9-13H2,(H,22,24). The Balaban J connectivity index is 1.42. The lowest BCUT2D eigenvalue weighted by Crippen LogP contribution is -2.37. The molecule has 138 valence electrons. The first-order chi connectivity index (χ1) is 13.1. The van der Waals surface area contributed by atoms with Crippen LogP contribution in [0.5, 0.6) is 0 Å². The molecule has 2 aliphatic rings. The zero-order chi connectivity index (χ0) is 18.8. The molecule has 2 aromatic carbocycles. The van der Waals surface area contributed by atoms with Gasteiger partial charge in [0.2, 0.25) is 0 Å². The highest BCUT2D eigenvalue weighted by Gasteiger charge is 2.34. The molecule has 0 aliphatic carbocycles. The van der Waals surface area contributed by atoms with E-state index in [1.54, 1.807) is 48.5 Å². The number of carbonyl (C=O) groups is 3. The second kappa shape index (κ2) is 7.56. The summed E-state index contributed by atoms with van der Waals surface area (Å²) in [6.45, 7) is 0.202. The maximum absolute atomic E-state index is 12.4. The van der Waals surface area contributed by atoms with Gasteiger partial charge < -0.3 is 5.32 Å². The van der Waals surface area contributed by atoms with Crippen LogP contribution in [0.25, 0.3) is 0 Å². The van der Waals surface area contributed by atoms with Crippen molar-refractivity contribution in [3.8, 4) is 0 Å². The van der Waals surface area contributed by atoms with Crippen LogP contribution in [0.15, 0.2) is 48.5 Å². The van der Waals surface area contributed by atoms with Crippen LogP contribution in [0.1, 0.15) is 49.5 Å². The average molecular weight is 380 g/mol. The highest BCUT2D eigenvalue weighted by Crippen LogP contribution is 2.24. The monoisotopic (exact) mass is 380 g/mol. The maximum Gasteiger partial charge on any atom is 0.261 e. The van der Waals surface area contributed by atoms with E-state index >= 15 is 0 Å². The molecule has 0 unspecified atom stereocenters. The summed E-state index contributed by atoms with van der Waals surface area (Å²) >= 11 is 1.92. The lowest BCUT2D eigenvalue weighted by Gasteiger charge is -2.22. The van der Waals surface area contributed by atoms with E-state index in [4.69, 9.17) is 0 Å². The van der Waals surface area contributed by atoms with Crippen molar-refractivity contribution in [2.24, 2.45) is 0 Å². The van der Waals surface area contributed by atoms with Crippen LogP contribution in [0.4, 0.5) is 0 Å². The first-order valence-electron chi connectivity index (χ1n) is 9.06. The summed E-state index contributed by atoms with van der Waals surface area (Å²) in [5, 5.41) is 3.08. The molecule has 0 bridgehead atoms. The van der Waals surface area contributed by atoms with Crippen LogP contribution in [-0.2, 0) is 6.54 Å². The van der Waals surface area contributed by atoms with Crippen LogP contribution >= 0.6 is 11.8 Å². The third-order valence-electron chi connectivity index (χ3n) is 4.99. The van der Waals surface area contributed by atoms with Gasteiger partial charge >= 0.3 is 0 Å². The van der Waals surface area contributed by atoms with Crippen LogP contribution in [0.2, 0.25) is 0 Å². The number of hydrogen-bond donors (Lipinski definition) is 1. The van der Waals surface area contributed by atoms with Gasteiger partial charge in [0.15, 0.2) is 0 Å². The summed E-state index contributed by atoms with van der Waals surface area (Å²) < 4.78 is 0. The van der Waals surface area contributed by atoms with Crippen molar-refractivity contribution in [3.63, 3.8) is 0 Å². The Morgan fingerprint density at radius 2 is 1.56 bits per heavy atom. The van der Waals surface area contributed by atoms with Gasteiger partial charge in [-0.3, -0.25) is 19.3 Å². The Hall–Kier alpha value is -2.60. The Bertz CT molecular complexity index is 854. The molecule has 1 fully saturated rings. The Kier molecular flexibility index (Phi) is 4.99. The number of carbonyl (C=O) groups excluding carboxylic acids is 3. The number of imide groups is 1. The molecule has 5 nitrogen and oxygen atoms in total. The third kappa shape index (κ3) is 3.62. The summed E-state index contributed by atoms with van der Waals surface area (Å²) in [4.78, 5) is 38.5. The van der Waals surface area contributed by atoms with Crippen LogP contribution in [0, 0.1) is 0 Å². The molecule has 0 atom stereocenters. The maximum atomic E-state index is 12.4. The molecule has 27 heavy (non-hydrogen) atoms. The number of fused-ring (bicyclic) bond motifs is 1. The van der Waals surface area contributed by atoms with Crippen LogP contribution in [-0.4, -0.2) is 40.2 Å². The number of hydrogen-bond acceptors (Lipinski definition) is 4. The largest absolute Gasteiger partial charge is 0.349 e. The Labute approximate surface area is 162 Å². The van der Waals surface area contributed by atoms with Gasteiger partial charge in [-0.15, -0.1) is 0 Å². The zero-order valence-electron chi connectivity index (χ0n) is 14.8. The third-order valence-corrected chi connectivity index (χ3v) is 6.04. The van der Waals surface area contributed by atoms with Gasteiger partial charge in [0.25, 0.3) is 17.7 Å². The number of rotatable bonds is 4. The average Bonchev–Trinajstić information content (AvgIpc) is 2.94. The topological polar surface area (TPSA) is 66.5 Å². The minimum Gasteiger partial charge on any atom is -0.349 e. The van der Waals surface area contributed by atoms with E-state index < -0.39 is 0 Å². The smallest absolute Gasteiger partial charge is 0.261 e. The predicted octanol–water partition coefficient (Wildman–Crippen LogP) is 3.11. The molecule has 2 aromatic rings. The van der Waals surface area contributed by atoms with E-state index in [1.165, 1.54) is 4.90 Å². The fourth-order valence-corrected chi connectivity index (χ4v) is 4.54.